The first-order valence-electron chi connectivity index (χ1n) is 12.8. The quantitative estimate of drug-likeness (QED) is 0.165. The molecule has 9 nitrogen and oxygen atoms in total. The lowest BCUT2D eigenvalue weighted by atomic mass is 10.1. The highest BCUT2D eigenvalue weighted by Gasteiger charge is 2.15. The number of amides is 1. The van der Waals surface area contributed by atoms with Crippen LogP contribution in [0.3, 0.4) is 0 Å². The van der Waals surface area contributed by atoms with Gasteiger partial charge in [0, 0.05) is 29.6 Å². The second kappa shape index (κ2) is 14.0. The van der Waals surface area contributed by atoms with Crippen LogP contribution in [-0.2, 0) is 28.4 Å². The number of aromatic nitrogens is 3. The van der Waals surface area contributed by atoms with Crippen LogP contribution in [0.4, 0.5) is 4.39 Å². The van der Waals surface area contributed by atoms with E-state index in [9.17, 15) is 9.18 Å². The van der Waals surface area contributed by atoms with Crippen LogP contribution in [0.15, 0.2) is 96.3 Å². The Bertz CT molecular complexity index is 1710. The van der Waals surface area contributed by atoms with Crippen molar-refractivity contribution in [3.63, 3.8) is 0 Å². The maximum atomic E-state index is 14.3. The molecule has 1 amide bonds. The molecule has 0 saturated heterocycles. The lowest BCUT2D eigenvalue weighted by molar-refractivity contribution is -0.159. The van der Waals surface area contributed by atoms with Gasteiger partial charge in [-0.1, -0.05) is 71.9 Å². The van der Waals surface area contributed by atoms with Crippen LogP contribution in [0.1, 0.15) is 32.6 Å². The summed E-state index contributed by atoms with van der Waals surface area (Å²) in [5.41, 5.74) is 6.01. The molecule has 0 aliphatic rings. The Kier molecular flexibility index (Phi) is 10.0. The minimum absolute atomic E-state index is 0.103. The van der Waals surface area contributed by atoms with Crippen LogP contribution in [0.5, 0.6) is 0 Å². The van der Waals surface area contributed by atoms with E-state index in [0.717, 1.165) is 27.4 Å². The van der Waals surface area contributed by atoms with Gasteiger partial charge in [-0.25, -0.2) is 23.9 Å². The van der Waals surface area contributed by atoms with Gasteiger partial charge in [0.2, 0.25) is 0 Å². The summed E-state index contributed by atoms with van der Waals surface area (Å²) in [5, 5.41) is 18.5. The van der Waals surface area contributed by atoms with E-state index in [1.807, 2.05) is 72.2 Å². The number of hydrogen-bond donors (Lipinski definition) is 3. The summed E-state index contributed by atoms with van der Waals surface area (Å²) in [6.45, 7) is 2.88. The Morgan fingerprint density at radius 3 is 2.33 bits per heavy atom. The summed E-state index contributed by atoms with van der Waals surface area (Å²) >= 11 is 1.56. The number of carboxylic acid groups (broad SMARTS) is 2. The molecule has 0 atom stereocenters. The molecular formula is C31H27FN4O5S. The van der Waals surface area contributed by atoms with Crippen molar-refractivity contribution in [1.82, 2.24) is 19.9 Å². The molecular weight excluding hydrogens is 559 g/mol. The van der Waals surface area contributed by atoms with Gasteiger partial charge in [-0.05, 0) is 48.4 Å². The van der Waals surface area contributed by atoms with E-state index in [0.29, 0.717) is 30.0 Å². The Morgan fingerprint density at radius 1 is 0.905 bits per heavy atom. The lowest BCUT2D eigenvalue weighted by Gasteiger charge is -2.10. The predicted molar refractivity (Wildman–Crippen MR) is 157 cm³/mol. The normalized spacial score (nSPS) is 10.5. The van der Waals surface area contributed by atoms with Gasteiger partial charge in [0.15, 0.2) is 10.8 Å². The molecule has 0 aliphatic carbocycles. The predicted octanol–water partition coefficient (Wildman–Crippen LogP) is 5.31. The number of aryl methyl sites for hydroxylation is 1. The second-order valence-corrected chi connectivity index (χ2v) is 10.1. The number of fused-ring (bicyclic) bond motifs is 1. The molecule has 0 saturated carbocycles. The van der Waals surface area contributed by atoms with Gasteiger partial charge in [-0.2, -0.15) is 0 Å². The monoisotopic (exact) mass is 586 g/mol. The average molecular weight is 587 g/mol. The molecule has 0 aliphatic heterocycles. The van der Waals surface area contributed by atoms with Crippen LogP contribution in [0.25, 0.3) is 11.2 Å². The molecule has 5 aromatic rings. The van der Waals surface area contributed by atoms with Crippen molar-refractivity contribution in [1.29, 1.82) is 0 Å². The Morgan fingerprint density at radius 2 is 1.64 bits per heavy atom. The average Bonchev–Trinajstić information content (AvgIpc) is 3.33. The minimum Gasteiger partial charge on any atom is -0.473 e. The number of nitrogens with zero attached hydrogens (tertiary/aromatic N) is 3. The Balaban J connectivity index is 0.000000612. The number of carbonyl (C=O) groups excluding carboxylic acids is 1. The number of hydrogen-bond acceptors (Lipinski definition) is 6. The van der Waals surface area contributed by atoms with Crippen molar-refractivity contribution in [2.24, 2.45) is 0 Å². The van der Waals surface area contributed by atoms with Gasteiger partial charge in [-0.15, -0.1) is 0 Å². The molecule has 0 fully saturated rings. The van der Waals surface area contributed by atoms with Crippen molar-refractivity contribution in [2.75, 3.05) is 0 Å². The second-order valence-electron chi connectivity index (χ2n) is 9.19. The number of carbonyl (C=O) groups is 3. The highest BCUT2D eigenvalue weighted by Crippen LogP contribution is 2.27. The molecule has 3 aromatic carbocycles. The van der Waals surface area contributed by atoms with Crippen molar-refractivity contribution < 1.29 is 29.0 Å². The van der Waals surface area contributed by atoms with E-state index >= 15 is 0 Å². The highest BCUT2D eigenvalue weighted by molar-refractivity contribution is 7.98. The van der Waals surface area contributed by atoms with Crippen LogP contribution >= 0.6 is 11.8 Å². The number of carboxylic acids is 2. The van der Waals surface area contributed by atoms with Crippen LogP contribution in [-0.4, -0.2) is 42.6 Å². The zero-order valence-corrected chi connectivity index (χ0v) is 23.3. The topological polar surface area (TPSA) is 134 Å². The Hall–Kier alpha value is -5.03. The molecule has 0 bridgehead atoms. The molecule has 42 heavy (non-hydrogen) atoms. The first-order chi connectivity index (χ1) is 20.2. The summed E-state index contributed by atoms with van der Waals surface area (Å²) in [7, 11) is 0. The molecule has 0 spiro atoms. The van der Waals surface area contributed by atoms with E-state index in [2.05, 4.69) is 16.4 Å². The summed E-state index contributed by atoms with van der Waals surface area (Å²) in [6.07, 6.45) is 1.72. The van der Waals surface area contributed by atoms with Crippen molar-refractivity contribution in [3.05, 3.63) is 125 Å². The Labute approximate surface area is 245 Å². The van der Waals surface area contributed by atoms with Gasteiger partial charge in [-0.3, -0.25) is 9.36 Å². The molecule has 2 aromatic heterocycles. The van der Waals surface area contributed by atoms with Crippen LogP contribution < -0.4 is 5.32 Å². The molecule has 3 N–H and O–H groups in total. The van der Waals surface area contributed by atoms with E-state index in [1.165, 1.54) is 11.6 Å². The molecule has 0 radical (unpaired) electrons. The fourth-order valence-corrected chi connectivity index (χ4v) is 4.95. The standard InChI is InChI=1S/C29H25FN4OS.C2H2O4/c1-20-6-4-7-22(16-20)17-32-28(35)23-13-11-21(12-14-23)19-36-29-33-26-10-5-15-31-27(26)34(29)18-24-8-2-3-9-25(24)30;3-1(4)2(5)6/h2-16H,17-19H2,1H3,(H,32,35);(H,3,4)(H,5,6). The third kappa shape index (κ3) is 8.01. The van der Waals surface area contributed by atoms with Crippen LogP contribution in [0, 0.1) is 12.7 Å². The zero-order chi connectivity index (χ0) is 30.1. The molecule has 214 valence electrons. The number of rotatable bonds is 8. The summed E-state index contributed by atoms with van der Waals surface area (Å²) in [5.74, 6) is -3.34. The summed E-state index contributed by atoms with van der Waals surface area (Å²) < 4.78 is 16.3. The third-order valence-corrected chi connectivity index (χ3v) is 7.11. The van der Waals surface area contributed by atoms with E-state index < -0.39 is 11.9 Å². The summed E-state index contributed by atoms with van der Waals surface area (Å²) in [4.78, 5) is 40.0. The van der Waals surface area contributed by atoms with Gasteiger partial charge in [0.25, 0.3) is 5.91 Å². The van der Waals surface area contributed by atoms with E-state index in [4.69, 9.17) is 24.8 Å². The lowest BCUT2D eigenvalue weighted by Crippen LogP contribution is -2.22. The van der Waals surface area contributed by atoms with E-state index in [-0.39, 0.29) is 11.7 Å². The van der Waals surface area contributed by atoms with E-state index in [1.54, 1.807) is 30.1 Å². The maximum Gasteiger partial charge on any atom is 0.414 e. The fourth-order valence-electron chi connectivity index (χ4n) is 3.99. The van der Waals surface area contributed by atoms with Gasteiger partial charge in [0.05, 0.1) is 6.54 Å². The molecule has 2 heterocycles. The van der Waals surface area contributed by atoms with Gasteiger partial charge in [0.1, 0.15) is 11.3 Å². The van der Waals surface area contributed by atoms with Gasteiger partial charge < -0.3 is 15.5 Å². The molecule has 11 heteroatoms. The number of benzene rings is 3. The number of halogens is 1. The van der Waals surface area contributed by atoms with Crippen LogP contribution in [0.2, 0.25) is 0 Å². The number of thioether (sulfide) groups is 1. The molecule has 5 rings (SSSR count). The SMILES string of the molecule is Cc1cccc(CNC(=O)c2ccc(CSc3nc4cccnc4n3Cc3ccccc3F)cc2)c1.O=C(O)C(=O)O. The first-order valence-corrected chi connectivity index (χ1v) is 13.8. The van der Waals surface area contributed by atoms with Crippen molar-refractivity contribution in [3.8, 4) is 0 Å². The maximum absolute atomic E-state index is 14.3. The molecule has 0 unspecified atom stereocenters. The van der Waals surface area contributed by atoms with Crippen molar-refractivity contribution >= 4 is 40.8 Å². The number of pyridine rings is 1. The number of aliphatic carboxylic acids is 2. The smallest absolute Gasteiger partial charge is 0.414 e. The van der Waals surface area contributed by atoms with Gasteiger partial charge >= 0.3 is 11.9 Å². The third-order valence-electron chi connectivity index (χ3n) is 6.06. The highest BCUT2D eigenvalue weighted by atomic mass is 32.2. The fraction of sp³-hybridized carbons (Fsp3) is 0.129. The van der Waals surface area contributed by atoms with Crippen molar-refractivity contribution in [2.45, 2.75) is 30.9 Å². The number of nitrogens with one attached hydrogen (secondary N) is 1. The zero-order valence-electron chi connectivity index (χ0n) is 22.5. The number of imidazole rings is 1. The first kappa shape index (κ1) is 29.9. The minimum atomic E-state index is -1.82. The largest absolute Gasteiger partial charge is 0.473 e. The summed E-state index contributed by atoms with van der Waals surface area (Å²) in [6, 6.07) is 26.2.